The topological polar surface area (TPSA) is 52.1 Å². The second-order valence-electron chi connectivity index (χ2n) is 8.69. The highest BCUT2D eigenvalue weighted by Gasteiger charge is 2.10. The number of guanidine groups is 1. The Bertz CT molecular complexity index is 835. The first kappa shape index (κ1) is 27.4. The first-order valence-corrected chi connectivity index (χ1v) is 11.7. The molecule has 3 rings (SSSR count). The number of likely N-dealkylation sites (tertiary alicyclic amines) is 1. The highest BCUT2D eigenvalue weighted by atomic mass is 127. The van der Waals surface area contributed by atoms with Crippen LogP contribution in [0.5, 0.6) is 5.75 Å². The van der Waals surface area contributed by atoms with Gasteiger partial charge in [-0.15, -0.1) is 24.0 Å². The number of rotatable bonds is 10. The van der Waals surface area contributed by atoms with Gasteiger partial charge in [0.1, 0.15) is 12.4 Å². The van der Waals surface area contributed by atoms with E-state index in [9.17, 15) is 0 Å². The summed E-state index contributed by atoms with van der Waals surface area (Å²) in [6.45, 7) is 6.49. The molecule has 0 spiro atoms. The van der Waals surface area contributed by atoms with Crippen molar-refractivity contribution in [2.45, 2.75) is 38.9 Å². The third-order valence-corrected chi connectivity index (χ3v) is 5.78. The molecule has 7 heteroatoms. The zero-order chi connectivity index (χ0) is 22.6. The minimum Gasteiger partial charge on any atom is -0.492 e. The summed E-state index contributed by atoms with van der Waals surface area (Å²) in [5.74, 6) is 1.70. The van der Waals surface area contributed by atoms with E-state index in [1.165, 1.54) is 43.5 Å². The molecule has 0 atom stereocenters. The molecule has 1 saturated heterocycles. The quantitative estimate of drug-likeness (QED) is 0.258. The molecule has 1 aliphatic heterocycles. The highest BCUT2D eigenvalue weighted by Crippen LogP contribution is 2.18. The second kappa shape index (κ2) is 15.1. The van der Waals surface area contributed by atoms with Gasteiger partial charge in [-0.05, 0) is 57.2 Å². The molecule has 0 amide bonds. The van der Waals surface area contributed by atoms with E-state index in [0.717, 1.165) is 36.9 Å². The number of hydrogen-bond acceptors (Lipinski definition) is 4. The number of ether oxygens (including phenoxy) is 1. The van der Waals surface area contributed by atoms with Crippen LogP contribution >= 0.6 is 24.0 Å². The SMILES string of the molecule is CN=C(NCc1ccc(CN2CCCCC2)cc1)NCc1ccccc1OCCN(C)C.I. The molecule has 182 valence electrons. The van der Waals surface area contributed by atoms with E-state index in [-0.39, 0.29) is 24.0 Å². The summed E-state index contributed by atoms with van der Waals surface area (Å²) in [6, 6.07) is 17.1. The number of hydrogen-bond donors (Lipinski definition) is 2. The molecule has 2 aromatic carbocycles. The number of nitrogens with zero attached hydrogens (tertiary/aromatic N) is 3. The average Bonchev–Trinajstić information content (AvgIpc) is 2.81. The lowest BCUT2D eigenvalue weighted by Gasteiger charge is -2.26. The van der Waals surface area contributed by atoms with E-state index in [2.05, 4.69) is 69.9 Å². The molecule has 6 nitrogen and oxygen atoms in total. The number of benzene rings is 2. The first-order chi connectivity index (χ1) is 15.6. The highest BCUT2D eigenvalue weighted by molar-refractivity contribution is 14.0. The molecule has 0 aromatic heterocycles. The lowest BCUT2D eigenvalue weighted by Crippen LogP contribution is -2.36. The van der Waals surface area contributed by atoms with Gasteiger partial charge in [0.05, 0.1) is 0 Å². The summed E-state index contributed by atoms with van der Waals surface area (Å²) in [6.07, 6.45) is 4.05. The minimum atomic E-state index is 0. The maximum atomic E-state index is 5.96. The van der Waals surface area contributed by atoms with Crippen LogP contribution in [0.15, 0.2) is 53.5 Å². The van der Waals surface area contributed by atoms with Crippen molar-refractivity contribution >= 4 is 29.9 Å². The summed E-state index contributed by atoms with van der Waals surface area (Å²) in [5.41, 5.74) is 3.77. The van der Waals surface area contributed by atoms with Crippen LogP contribution in [0.4, 0.5) is 0 Å². The van der Waals surface area contributed by atoms with Gasteiger partial charge in [-0.1, -0.05) is 48.9 Å². The maximum absolute atomic E-state index is 5.96. The Morgan fingerprint density at radius 1 is 0.939 bits per heavy atom. The fourth-order valence-electron chi connectivity index (χ4n) is 3.85. The number of nitrogens with one attached hydrogen (secondary N) is 2. The minimum absolute atomic E-state index is 0. The van der Waals surface area contributed by atoms with Gasteiger partial charge in [0.25, 0.3) is 0 Å². The molecule has 0 radical (unpaired) electrons. The van der Waals surface area contributed by atoms with Crippen molar-refractivity contribution in [2.75, 3.05) is 47.4 Å². The number of piperidine rings is 1. The van der Waals surface area contributed by atoms with Crippen molar-refractivity contribution in [3.05, 3.63) is 65.2 Å². The maximum Gasteiger partial charge on any atom is 0.191 e. The van der Waals surface area contributed by atoms with Crippen molar-refractivity contribution < 1.29 is 4.74 Å². The van der Waals surface area contributed by atoms with Crippen LogP contribution in [-0.2, 0) is 19.6 Å². The molecule has 1 aliphatic rings. The van der Waals surface area contributed by atoms with Crippen molar-refractivity contribution in [1.29, 1.82) is 0 Å². The summed E-state index contributed by atoms with van der Waals surface area (Å²) in [5, 5.41) is 6.82. The Morgan fingerprint density at radius 3 is 2.30 bits per heavy atom. The van der Waals surface area contributed by atoms with Crippen LogP contribution in [0, 0.1) is 0 Å². The van der Waals surface area contributed by atoms with E-state index in [1.54, 1.807) is 7.05 Å². The van der Waals surface area contributed by atoms with Gasteiger partial charge in [-0.3, -0.25) is 9.89 Å². The lowest BCUT2D eigenvalue weighted by atomic mass is 10.1. The van der Waals surface area contributed by atoms with Gasteiger partial charge in [-0.25, -0.2) is 0 Å². The molecule has 0 bridgehead atoms. The van der Waals surface area contributed by atoms with E-state index >= 15 is 0 Å². The fraction of sp³-hybridized carbons (Fsp3) is 0.500. The molecule has 2 N–H and O–H groups in total. The number of halogens is 1. The smallest absolute Gasteiger partial charge is 0.191 e. The Balaban J connectivity index is 0.00000385. The molecular weight excluding hydrogens is 525 g/mol. The van der Waals surface area contributed by atoms with Crippen molar-refractivity contribution in [2.24, 2.45) is 4.99 Å². The molecule has 1 heterocycles. The van der Waals surface area contributed by atoms with Gasteiger partial charge in [0, 0.05) is 38.8 Å². The number of para-hydroxylation sites is 1. The number of likely N-dealkylation sites (N-methyl/N-ethyl adjacent to an activating group) is 1. The van der Waals surface area contributed by atoms with E-state index in [0.29, 0.717) is 13.2 Å². The second-order valence-corrected chi connectivity index (χ2v) is 8.69. The zero-order valence-electron chi connectivity index (χ0n) is 20.3. The van der Waals surface area contributed by atoms with E-state index in [1.807, 2.05) is 18.2 Å². The third kappa shape index (κ3) is 9.90. The molecular formula is C26H40IN5O. The average molecular weight is 566 g/mol. The fourth-order valence-corrected chi connectivity index (χ4v) is 3.85. The van der Waals surface area contributed by atoms with E-state index in [4.69, 9.17) is 4.74 Å². The van der Waals surface area contributed by atoms with Crippen molar-refractivity contribution in [1.82, 2.24) is 20.4 Å². The normalized spacial score (nSPS) is 14.6. The predicted molar refractivity (Wildman–Crippen MR) is 149 cm³/mol. The van der Waals surface area contributed by atoms with Crippen molar-refractivity contribution in [3.8, 4) is 5.75 Å². The van der Waals surface area contributed by atoms with Crippen LogP contribution in [0.1, 0.15) is 36.0 Å². The molecule has 1 fully saturated rings. The Morgan fingerprint density at radius 2 is 1.61 bits per heavy atom. The van der Waals surface area contributed by atoms with Gasteiger partial charge in [0.2, 0.25) is 0 Å². The van der Waals surface area contributed by atoms with Crippen LogP contribution < -0.4 is 15.4 Å². The summed E-state index contributed by atoms with van der Waals surface area (Å²) in [7, 11) is 5.90. The summed E-state index contributed by atoms with van der Waals surface area (Å²) < 4.78 is 5.96. The Kier molecular flexibility index (Phi) is 12.6. The van der Waals surface area contributed by atoms with Gasteiger partial charge < -0.3 is 20.3 Å². The molecule has 0 aliphatic carbocycles. The van der Waals surface area contributed by atoms with Gasteiger partial charge >= 0.3 is 0 Å². The predicted octanol–water partition coefficient (Wildman–Crippen LogP) is 4.10. The Hall–Kier alpha value is -1.84. The van der Waals surface area contributed by atoms with Crippen LogP contribution in [0.3, 0.4) is 0 Å². The molecule has 2 aromatic rings. The molecule has 33 heavy (non-hydrogen) atoms. The first-order valence-electron chi connectivity index (χ1n) is 11.7. The Labute approximate surface area is 216 Å². The third-order valence-electron chi connectivity index (χ3n) is 5.78. The van der Waals surface area contributed by atoms with E-state index < -0.39 is 0 Å². The number of aliphatic imine (C=N–C) groups is 1. The largest absolute Gasteiger partial charge is 0.492 e. The van der Waals surface area contributed by atoms with Crippen LogP contribution in [-0.4, -0.2) is 63.1 Å². The summed E-state index contributed by atoms with van der Waals surface area (Å²) in [4.78, 5) is 9.05. The van der Waals surface area contributed by atoms with Crippen molar-refractivity contribution in [3.63, 3.8) is 0 Å². The van der Waals surface area contributed by atoms with Gasteiger partial charge in [-0.2, -0.15) is 0 Å². The van der Waals surface area contributed by atoms with Crippen LogP contribution in [0.25, 0.3) is 0 Å². The monoisotopic (exact) mass is 565 g/mol. The molecule has 0 unspecified atom stereocenters. The lowest BCUT2D eigenvalue weighted by molar-refractivity contribution is 0.221. The standard InChI is InChI=1S/C26H39N5O.HI/c1-27-26(29-20-24-9-5-6-10-25(24)32-18-17-30(2)3)28-19-22-11-13-23(14-12-22)21-31-15-7-4-8-16-31;/h5-6,9-14H,4,7-8,15-21H2,1-3H3,(H2,27,28,29);1H. The van der Waals surface area contributed by atoms with Crippen LogP contribution in [0.2, 0.25) is 0 Å². The zero-order valence-corrected chi connectivity index (χ0v) is 22.7. The van der Waals surface area contributed by atoms with Gasteiger partial charge in [0.15, 0.2) is 5.96 Å². The molecule has 0 saturated carbocycles. The summed E-state index contributed by atoms with van der Waals surface area (Å²) >= 11 is 0.